The highest BCUT2D eigenvalue weighted by atomic mass is 19.2. The van der Waals surface area contributed by atoms with Gasteiger partial charge in [0, 0.05) is 18.2 Å². The maximum Gasteiger partial charge on any atom is 0.320 e. The van der Waals surface area contributed by atoms with Gasteiger partial charge in [-0.25, -0.2) is 13.8 Å². The summed E-state index contributed by atoms with van der Waals surface area (Å²) >= 11 is 0. The lowest BCUT2D eigenvalue weighted by Gasteiger charge is -2.24. The maximum atomic E-state index is 13.3. The fourth-order valence-corrected chi connectivity index (χ4v) is 2.46. The fourth-order valence-electron chi connectivity index (χ4n) is 2.46. The molecule has 5 nitrogen and oxygen atoms in total. The summed E-state index contributed by atoms with van der Waals surface area (Å²) in [5.41, 5.74) is 0.893. The molecule has 0 amide bonds. The van der Waals surface area contributed by atoms with Gasteiger partial charge in [-0.15, -0.1) is 0 Å². The van der Waals surface area contributed by atoms with Crippen LogP contribution in [0.2, 0.25) is 0 Å². The zero-order chi connectivity index (χ0) is 16.6. The van der Waals surface area contributed by atoms with Crippen LogP contribution in [0.1, 0.15) is 25.5 Å². The molecule has 0 saturated heterocycles. The number of carboxylic acid groups (broad SMARTS) is 1. The number of hydrogen-bond acceptors (Lipinski definition) is 4. The molecule has 1 atom stereocenters. The minimum absolute atomic E-state index is 0.178. The highest BCUT2D eigenvalue weighted by Crippen LogP contribution is 2.30. The molecule has 1 aliphatic rings. The molecule has 0 spiro atoms. The van der Waals surface area contributed by atoms with Gasteiger partial charge in [0.15, 0.2) is 11.6 Å². The second-order valence-corrected chi connectivity index (χ2v) is 5.69. The number of halogens is 2. The van der Waals surface area contributed by atoms with Crippen molar-refractivity contribution in [3.8, 4) is 11.5 Å². The zero-order valence-electron chi connectivity index (χ0n) is 12.5. The van der Waals surface area contributed by atoms with E-state index in [9.17, 15) is 18.7 Å². The van der Waals surface area contributed by atoms with E-state index in [-0.39, 0.29) is 11.9 Å². The van der Waals surface area contributed by atoms with Crippen LogP contribution in [0.25, 0.3) is 11.5 Å². The molecule has 0 aliphatic heterocycles. The van der Waals surface area contributed by atoms with Gasteiger partial charge in [0.25, 0.3) is 0 Å². The van der Waals surface area contributed by atoms with Crippen molar-refractivity contribution >= 4 is 5.97 Å². The van der Waals surface area contributed by atoms with Crippen molar-refractivity contribution in [3.63, 3.8) is 0 Å². The van der Waals surface area contributed by atoms with Gasteiger partial charge < -0.3 is 9.52 Å². The van der Waals surface area contributed by atoms with Gasteiger partial charge in [-0.3, -0.25) is 9.69 Å². The Hall–Kier alpha value is -2.28. The molecular weight excluding hydrogens is 306 g/mol. The summed E-state index contributed by atoms with van der Waals surface area (Å²) in [6.07, 6.45) is 3.34. The molecule has 1 fully saturated rings. The third-order valence-corrected chi connectivity index (χ3v) is 3.93. The summed E-state index contributed by atoms with van der Waals surface area (Å²) in [5, 5.41) is 9.18. The summed E-state index contributed by atoms with van der Waals surface area (Å²) in [5.74, 6) is -2.61. The number of hydrogen-bond donors (Lipinski definition) is 1. The highest BCUT2D eigenvalue weighted by Gasteiger charge is 2.35. The topological polar surface area (TPSA) is 66.6 Å². The van der Waals surface area contributed by atoms with Crippen molar-refractivity contribution in [1.29, 1.82) is 0 Å². The Balaban J connectivity index is 1.78. The first kappa shape index (κ1) is 15.6. The van der Waals surface area contributed by atoms with Gasteiger partial charge in [0.2, 0.25) is 5.89 Å². The normalized spacial score (nSPS) is 15.8. The van der Waals surface area contributed by atoms with E-state index >= 15 is 0 Å². The maximum absolute atomic E-state index is 13.3. The molecule has 1 N–H and O–H groups in total. The third-order valence-electron chi connectivity index (χ3n) is 3.93. The Bertz CT molecular complexity index is 728. The second kappa shape index (κ2) is 6.08. The lowest BCUT2D eigenvalue weighted by atomic mass is 10.2. The van der Waals surface area contributed by atoms with Gasteiger partial charge in [0.1, 0.15) is 12.3 Å². The molecule has 1 aromatic carbocycles. The van der Waals surface area contributed by atoms with E-state index in [2.05, 4.69) is 4.98 Å². The second-order valence-electron chi connectivity index (χ2n) is 5.69. The smallest absolute Gasteiger partial charge is 0.320 e. The van der Waals surface area contributed by atoms with Crippen LogP contribution in [-0.2, 0) is 11.3 Å². The number of oxazole rings is 1. The Labute approximate surface area is 131 Å². The van der Waals surface area contributed by atoms with E-state index in [1.807, 2.05) is 4.90 Å². The quantitative estimate of drug-likeness (QED) is 0.885. The van der Waals surface area contributed by atoms with Gasteiger partial charge in [-0.1, -0.05) is 0 Å². The fraction of sp³-hybridized carbons (Fsp3) is 0.375. The minimum atomic E-state index is -0.971. The van der Waals surface area contributed by atoms with Crippen LogP contribution in [0, 0.1) is 11.6 Å². The number of rotatable bonds is 6. The lowest BCUT2D eigenvalue weighted by Crippen LogP contribution is -2.40. The predicted molar refractivity (Wildman–Crippen MR) is 77.5 cm³/mol. The van der Waals surface area contributed by atoms with Crippen molar-refractivity contribution in [2.45, 2.75) is 38.4 Å². The van der Waals surface area contributed by atoms with Gasteiger partial charge in [-0.2, -0.15) is 0 Å². The summed E-state index contributed by atoms with van der Waals surface area (Å²) in [4.78, 5) is 17.3. The number of nitrogens with zero attached hydrogens (tertiary/aromatic N) is 2. The number of aliphatic carboxylic acids is 1. The van der Waals surface area contributed by atoms with Gasteiger partial charge in [-0.05, 0) is 38.0 Å². The van der Waals surface area contributed by atoms with Crippen LogP contribution in [0.4, 0.5) is 8.78 Å². The molecule has 23 heavy (non-hydrogen) atoms. The number of carboxylic acids is 1. The van der Waals surface area contributed by atoms with Crippen molar-refractivity contribution in [1.82, 2.24) is 9.88 Å². The standard InChI is InChI=1S/C16H16F2N2O3/c1-9(16(21)22)20(12-3-4-12)7-11-8-23-15(19-11)10-2-5-13(17)14(18)6-10/h2,5-6,8-9,12H,3-4,7H2,1H3,(H,21,22). The third kappa shape index (κ3) is 3.39. The molecule has 1 heterocycles. The molecule has 3 rings (SSSR count). The van der Waals surface area contributed by atoms with E-state index in [1.54, 1.807) is 6.92 Å². The minimum Gasteiger partial charge on any atom is -0.480 e. The largest absolute Gasteiger partial charge is 0.480 e. The van der Waals surface area contributed by atoms with Gasteiger partial charge >= 0.3 is 5.97 Å². The van der Waals surface area contributed by atoms with Crippen molar-refractivity contribution in [2.24, 2.45) is 0 Å². The summed E-state index contributed by atoms with van der Waals surface area (Å²) in [6, 6.07) is 3.03. The highest BCUT2D eigenvalue weighted by molar-refractivity contribution is 5.73. The van der Waals surface area contributed by atoms with Crippen LogP contribution >= 0.6 is 0 Å². The number of benzene rings is 1. The molecule has 1 unspecified atom stereocenters. The molecule has 7 heteroatoms. The lowest BCUT2D eigenvalue weighted by molar-refractivity contribution is -0.143. The zero-order valence-corrected chi connectivity index (χ0v) is 12.5. The average molecular weight is 322 g/mol. The van der Waals surface area contributed by atoms with Crippen LogP contribution in [0.3, 0.4) is 0 Å². The van der Waals surface area contributed by atoms with Crippen molar-refractivity contribution in [2.75, 3.05) is 0 Å². The number of carbonyl (C=O) groups is 1. The molecule has 0 radical (unpaired) electrons. The first-order chi connectivity index (χ1) is 11.0. The van der Waals surface area contributed by atoms with E-state index in [4.69, 9.17) is 4.42 Å². The summed E-state index contributed by atoms with van der Waals surface area (Å²) < 4.78 is 31.5. The predicted octanol–water partition coefficient (Wildman–Crippen LogP) is 3.06. The molecule has 122 valence electrons. The molecular formula is C16H16F2N2O3. The van der Waals surface area contributed by atoms with Crippen LogP contribution in [0.5, 0.6) is 0 Å². The first-order valence-corrected chi connectivity index (χ1v) is 7.34. The van der Waals surface area contributed by atoms with E-state index < -0.39 is 23.6 Å². The number of aromatic nitrogens is 1. The van der Waals surface area contributed by atoms with Crippen LogP contribution in [-0.4, -0.2) is 33.0 Å². The molecule has 2 aromatic rings. The monoisotopic (exact) mass is 322 g/mol. The Kier molecular flexibility index (Phi) is 4.12. The Morgan fingerprint density at radius 1 is 1.43 bits per heavy atom. The first-order valence-electron chi connectivity index (χ1n) is 7.34. The van der Waals surface area contributed by atoms with Crippen molar-refractivity contribution in [3.05, 3.63) is 41.8 Å². The summed E-state index contributed by atoms with van der Waals surface area (Å²) in [7, 11) is 0. The summed E-state index contributed by atoms with van der Waals surface area (Å²) in [6.45, 7) is 1.97. The molecule has 0 bridgehead atoms. The van der Waals surface area contributed by atoms with E-state index in [1.165, 1.54) is 12.3 Å². The van der Waals surface area contributed by atoms with E-state index in [0.717, 1.165) is 25.0 Å². The molecule has 1 aliphatic carbocycles. The van der Waals surface area contributed by atoms with E-state index in [0.29, 0.717) is 17.8 Å². The average Bonchev–Trinajstić information content (AvgIpc) is 3.25. The Morgan fingerprint density at radius 2 is 2.17 bits per heavy atom. The van der Waals surface area contributed by atoms with Crippen LogP contribution in [0.15, 0.2) is 28.9 Å². The SMILES string of the molecule is CC(C(=O)O)N(Cc1coc(-c2ccc(F)c(F)c2)n1)C1CC1. The molecule has 1 aromatic heterocycles. The molecule has 1 saturated carbocycles. The van der Waals surface area contributed by atoms with Crippen LogP contribution < -0.4 is 0 Å². The van der Waals surface area contributed by atoms with Gasteiger partial charge in [0.05, 0.1) is 5.69 Å². The Morgan fingerprint density at radius 3 is 2.78 bits per heavy atom. The van der Waals surface area contributed by atoms with Crippen molar-refractivity contribution < 1.29 is 23.1 Å².